The molecule has 160 valence electrons. The van der Waals surface area contributed by atoms with Gasteiger partial charge in [-0.05, 0) is 47.8 Å². The Bertz CT molecular complexity index is 894. The minimum absolute atomic E-state index is 0.0719. The van der Waals surface area contributed by atoms with Gasteiger partial charge in [-0.3, -0.25) is 9.62 Å². The molecule has 5 atom stereocenters. The van der Waals surface area contributed by atoms with Crippen molar-refractivity contribution in [2.24, 2.45) is 5.92 Å². The van der Waals surface area contributed by atoms with Crippen LogP contribution in [0.25, 0.3) is 11.1 Å². The monoisotopic (exact) mass is 432 g/mol. The molecule has 3 aliphatic rings. The highest BCUT2D eigenvalue weighted by Gasteiger charge is 2.58. The number of hydrogen-bond donors (Lipinski definition) is 1. The van der Waals surface area contributed by atoms with E-state index in [2.05, 4.69) is 9.62 Å². The molecule has 0 spiro atoms. The summed E-state index contributed by atoms with van der Waals surface area (Å²) in [6.07, 6.45) is 3.31. The highest BCUT2D eigenvalue weighted by Crippen LogP contribution is 2.57. The molecular weight excluding hydrogens is 406 g/mol. The van der Waals surface area contributed by atoms with E-state index in [1.54, 1.807) is 11.9 Å². The summed E-state index contributed by atoms with van der Waals surface area (Å²) in [6, 6.07) is 11.9. The number of halogens is 2. The fourth-order valence-electron chi connectivity index (χ4n) is 4.76. The Morgan fingerprint density at radius 3 is 2.70 bits per heavy atom. The van der Waals surface area contributed by atoms with Crippen LogP contribution in [0, 0.1) is 17.6 Å². The largest absolute Gasteiger partial charge is 0.378 e. The molecule has 1 saturated carbocycles. The summed E-state index contributed by atoms with van der Waals surface area (Å²) >= 11 is 1.61. The van der Waals surface area contributed by atoms with Crippen molar-refractivity contribution in [3.05, 3.63) is 59.7 Å². The van der Waals surface area contributed by atoms with E-state index >= 15 is 0 Å². The van der Waals surface area contributed by atoms with E-state index in [4.69, 9.17) is 9.47 Å². The Labute approximate surface area is 180 Å². The minimum Gasteiger partial charge on any atom is -0.378 e. The quantitative estimate of drug-likeness (QED) is 0.551. The van der Waals surface area contributed by atoms with Gasteiger partial charge >= 0.3 is 0 Å². The van der Waals surface area contributed by atoms with Gasteiger partial charge in [0, 0.05) is 13.1 Å². The molecule has 0 aromatic heterocycles. The van der Waals surface area contributed by atoms with Crippen LogP contribution in [0.15, 0.2) is 42.5 Å². The first-order valence-corrected chi connectivity index (χ1v) is 11.7. The zero-order valence-corrected chi connectivity index (χ0v) is 17.7. The highest BCUT2D eigenvalue weighted by atomic mass is 32.2. The van der Waals surface area contributed by atoms with Crippen LogP contribution in [0.4, 0.5) is 8.78 Å². The molecule has 0 amide bonds. The summed E-state index contributed by atoms with van der Waals surface area (Å²) in [5.41, 5.74) is 1.75. The van der Waals surface area contributed by atoms with E-state index in [0.29, 0.717) is 24.7 Å². The maximum Gasteiger partial charge on any atom is 0.138 e. The fourth-order valence-corrected chi connectivity index (χ4v) is 5.24. The second kappa shape index (κ2) is 8.55. The highest BCUT2D eigenvalue weighted by molar-refractivity contribution is 7.96. The van der Waals surface area contributed by atoms with Crippen molar-refractivity contribution < 1.29 is 18.3 Å². The molecule has 5 unspecified atom stereocenters. The van der Waals surface area contributed by atoms with Gasteiger partial charge in [0.15, 0.2) is 0 Å². The summed E-state index contributed by atoms with van der Waals surface area (Å²) < 4.78 is 44.0. The van der Waals surface area contributed by atoms with Gasteiger partial charge in [-0.25, -0.2) is 8.78 Å². The number of ether oxygens (including phenoxy) is 2. The smallest absolute Gasteiger partial charge is 0.138 e. The average molecular weight is 433 g/mol. The molecule has 2 saturated heterocycles. The second-order valence-corrected chi connectivity index (χ2v) is 8.91. The lowest BCUT2D eigenvalue weighted by molar-refractivity contribution is 0.125. The van der Waals surface area contributed by atoms with Crippen LogP contribution in [-0.4, -0.2) is 55.8 Å². The zero-order valence-electron chi connectivity index (χ0n) is 16.9. The van der Waals surface area contributed by atoms with Gasteiger partial charge < -0.3 is 9.47 Å². The molecule has 2 aromatic rings. The Morgan fingerprint density at radius 2 is 1.90 bits per heavy atom. The van der Waals surface area contributed by atoms with E-state index in [9.17, 15) is 8.78 Å². The van der Waals surface area contributed by atoms with E-state index < -0.39 is 11.6 Å². The molecule has 2 heterocycles. The fraction of sp³-hybridized carbons (Fsp3) is 0.478. The van der Waals surface area contributed by atoms with Crippen molar-refractivity contribution in [2.75, 3.05) is 32.6 Å². The molecule has 2 aliphatic heterocycles. The van der Waals surface area contributed by atoms with Crippen molar-refractivity contribution in [3.8, 4) is 11.1 Å². The number of nitrogens with zero attached hydrogens (tertiary/aromatic N) is 1. The number of hydrogen-bond acceptors (Lipinski definition) is 5. The first-order chi connectivity index (χ1) is 14.7. The maximum absolute atomic E-state index is 14.4. The predicted molar refractivity (Wildman–Crippen MR) is 114 cm³/mol. The molecule has 1 N–H and O–H groups in total. The minimum atomic E-state index is -0.517. The molecule has 5 rings (SSSR count). The van der Waals surface area contributed by atoms with Gasteiger partial charge in [0.2, 0.25) is 0 Å². The summed E-state index contributed by atoms with van der Waals surface area (Å²) in [5, 5.41) is 0. The number of rotatable bonds is 6. The van der Waals surface area contributed by atoms with E-state index in [-0.39, 0.29) is 29.9 Å². The third-order valence-corrected chi connectivity index (χ3v) is 6.87. The number of epoxide rings is 1. The molecule has 4 nitrogen and oxygen atoms in total. The molecule has 2 aromatic carbocycles. The van der Waals surface area contributed by atoms with E-state index in [0.717, 1.165) is 25.1 Å². The Morgan fingerprint density at radius 1 is 1.10 bits per heavy atom. The van der Waals surface area contributed by atoms with Crippen LogP contribution < -0.4 is 4.72 Å². The topological polar surface area (TPSA) is 37.0 Å². The van der Waals surface area contributed by atoms with Crippen molar-refractivity contribution in [1.29, 1.82) is 0 Å². The lowest BCUT2D eigenvalue weighted by Gasteiger charge is -2.21. The van der Waals surface area contributed by atoms with Gasteiger partial charge in [-0.1, -0.05) is 42.3 Å². The third kappa shape index (κ3) is 4.01. The SMILES string of the molecule is CSNC1COCCN(C2OC2C2CC2c2ccccc2-c2c(F)cccc2F)C1. The summed E-state index contributed by atoms with van der Waals surface area (Å²) in [5.74, 6) is -0.366. The number of benzene rings is 2. The summed E-state index contributed by atoms with van der Waals surface area (Å²) in [7, 11) is 0. The van der Waals surface area contributed by atoms with Crippen LogP contribution in [0.1, 0.15) is 17.9 Å². The van der Waals surface area contributed by atoms with Crippen LogP contribution in [0.2, 0.25) is 0 Å². The van der Waals surface area contributed by atoms with Crippen molar-refractivity contribution >= 4 is 11.9 Å². The van der Waals surface area contributed by atoms with Crippen LogP contribution in [0.5, 0.6) is 0 Å². The standard InChI is InChI=1S/C23H26F2N2O2S/c1-30-26-14-12-27(9-10-28-13-14)23-22(29-23)18-11-17(18)15-5-2-3-6-16(15)21-19(24)7-4-8-20(21)25/h2-8,14,17-18,22-23,26H,9-13H2,1H3. The first kappa shape index (κ1) is 20.4. The van der Waals surface area contributed by atoms with E-state index in [1.807, 2.05) is 30.5 Å². The summed E-state index contributed by atoms with van der Waals surface area (Å²) in [6.45, 7) is 3.18. The van der Waals surface area contributed by atoms with Gasteiger partial charge in [0.1, 0.15) is 24.0 Å². The molecular formula is C23H26F2N2O2S. The van der Waals surface area contributed by atoms with Gasteiger partial charge in [0.25, 0.3) is 0 Å². The van der Waals surface area contributed by atoms with E-state index in [1.165, 1.54) is 18.2 Å². The molecule has 0 bridgehead atoms. The predicted octanol–water partition coefficient (Wildman–Crippen LogP) is 4.03. The van der Waals surface area contributed by atoms with Gasteiger partial charge in [-0.15, -0.1) is 0 Å². The molecule has 30 heavy (non-hydrogen) atoms. The Hall–Kier alpha value is -1.51. The van der Waals surface area contributed by atoms with Crippen molar-refractivity contribution in [1.82, 2.24) is 9.62 Å². The molecule has 7 heteroatoms. The van der Waals surface area contributed by atoms with Gasteiger partial charge in [0.05, 0.1) is 24.8 Å². The lowest BCUT2D eigenvalue weighted by atomic mass is 9.94. The lowest BCUT2D eigenvalue weighted by Crippen LogP contribution is -2.41. The van der Waals surface area contributed by atoms with Crippen LogP contribution in [-0.2, 0) is 9.47 Å². The molecule has 0 radical (unpaired) electrons. The van der Waals surface area contributed by atoms with Crippen LogP contribution >= 0.6 is 11.9 Å². The molecule has 3 fully saturated rings. The zero-order chi connectivity index (χ0) is 20.7. The Balaban J connectivity index is 1.30. The van der Waals surface area contributed by atoms with Crippen LogP contribution in [0.3, 0.4) is 0 Å². The Kier molecular flexibility index (Phi) is 5.82. The molecule has 1 aliphatic carbocycles. The number of nitrogens with one attached hydrogen (secondary N) is 1. The van der Waals surface area contributed by atoms with Crippen molar-refractivity contribution in [3.63, 3.8) is 0 Å². The second-order valence-electron chi connectivity index (χ2n) is 8.27. The normalized spacial score (nSPS) is 31.4. The summed E-state index contributed by atoms with van der Waals surface area (Å²) in [4.78, 5) is 2.36. The average Bonchev–Trinajstić information content (AvgIpc) is 3.62. The maximum atomic E-state index is 14.4. The van der Waals surface area contributed by atoms with Gasteiger partial charge in [-0.2, -0.15) is 0 Å². The van der Waals surface area contributed by atoms with Crippen molar-refractivity contribution in [2.45, 2.75) is 30.7 Å². The first-order valence-electron chi connectivity index (χ1n) is 10.5. The third-order valence-electron chi connectivity index (χ3n) is 6.30.